The third-order valence-electron chi connectivity index (χ3n) is 5.14. The average Bonchev–Trinajstić information content (AvgIpc) is 3.16. The molecule has 1 atom stereocenters. The Bertz CT molecular complexity index is 678. The summed E-state index contributed by atoms with van der Waals surface area (Å²) in [4.78, 5) is 11.6. The molecule has 1 saturated heterocycles. The number of carbonyl (C=O) groups is 1. The molecule has 1 aliphatic heterocycles. The molecular formula is C21H30N2O4. The van der Waals surface area contributed by atoms with Crippen molar-refractivity contribution >= 4 is 11.9 Å². The number of rotatable bonds is 9. The largest absolute Gasteiger partial charge is 0.381 e. The number of ether oxygens (including phenoxy) is 3. The van der Waals surface area contributed by atoms with Crippen LogP contribution in [0.4, 0.5) is 0 Å². The standard InChI is InChI=1S/C21H30N2O4/c1-3-25-15-21(16-26-4-2)10-8-17(9-11-21)20-18(14-24)13-23(22-20)19-7-5-6-12-27-19/h8-10,13-14,19H,3-7,11-12,15-16H2,1-2H3. The lowest BCUT2D eigenvalue weighted by atomic mass is 9.80. The second kappa shape index (κ2) is 9.44. The molecule has 0 saturated carbocycles. The molecule has 1 aromatic rings. The molecule has 6 heteroatoms. The Kier molecular flexibility index (Phi) is 6.99. The first-order valence-electron chi connectivity index (χ1n) is 9.92. The van der Waals surface area contributed by atoms with Gasteiger partial charge in [0.2, 0.25) is 0 Å². The first-order valence-corrected chi connectivity index (χ1v) is 9.92. The predicted octanol–water partition coefficient (Wildman–Crippen LogP) is 3.80. The first kappa shape index (κ1) is 20.0. The fraction of sp³-hybridized carbons (Fsp3) is 0.619. The van der Waals surface area contributed by atoms with Crippen LogP contribution in [0.25, 0.3) is 5.57 Å². The third kappa shape index (κ3) is 4.75. The zero-order valence-corrected chi connectivity index (χ0v) is 16.4. The number of hydrogen-bond donors (Lipinski definition) is 0. The normalized spacial score (nSPS) is 21.9. The van der Waals surface area contributed by atoms with Gasteiger partial charge in [0, 0.05) is 31.4 Å². The summed E-state index contributed by atoms with van der Waals surface area (Å²) in [7, 11) is 0. The monoisotopic (exact) mass is 374 g/mol. The van der Waals surface area contributed by atoms with Crippen molar-refractivity contribution < 1.29 is 19.0 Å². The average molecular weight is 374 g/mol. The molecular weight excluding hydrogens is 344 g/mol. The minimum atomic E-state index is -0.161. The summed E-state index contributed by atoms with van der Waals surface area (Å²) in [6.45, 7) is 7.34. The van der Waals surface area contributed by atoms with E-state index in [0.717, 1.165) is 49.8 Å². The highest BCUT2D eigenvalue weighted by atomic mass is 16.5. The Morgan fingerprint density at radius 1 is 1.30 bits per heavy atom. The minimum Gasteiger partial charge on any atom is -0.381 e. The van der Waals surface area contributed by atoms with E-state index in [0.29, 0.717) is 32.0 Å². The molecule has 0 amide bonds. The molecule has 27 heavy (non-hydrogen) atoms. The van der Waals surface area contributed by atoms with Crippen LogP contribution in [0.1, 0.15) is 61.8 Å². The van der Waals surface area contributed by atoms with Gasteiger partial charge in [-0.2, -0.15) is 5.10 Å². The van der Waals surface area contributed by atoms with Gasteiger partial charge < -0.3 is 14.2 Å². The van der Waals surface area contributed by atoms with Crippen molar-refractivity contribution in [2.45, 2.75) is 45.8 Å². The number of nitrogens with zero attached hydrogens (tertiary/aromatic N) is 2. The van der Waals surface area contributed by atoms with Gasteiger partial charge in [-0.1, -0.05) is 18.2 Å². The zero-order valence-electron chi connectivity index (χ0n) is 16.4. The molecule has 0 spiro atoms. The van der Waals surface area contributed by atoms with Crippen LogP contribution < -0.4 is 0 Å². The Balaban J connectivity index is 1.78. The van der Waals surface area contributed by atoms with Crippen molar-refractivity contribution in [1.29, 1.82) is 0 Å². The van der Waals surface area contributed by atoms with E-state index >= 15 is 0 Å². The van der Waals surface area contributed by atoms with Gasteiger partial charge in [0.15, 0.2) is 6.29 Å². The van der Waals surface area contributed by atoms with Gasteiger partial charge in [-0.3, -0.25) is 4.79 Å². The van der Waals surface area contributed by atoms with Crippen molar-refractivity contribution in [3.8, 4) is 0 Å². The van der Waals surface area contributed by atoms with Crippen LogP contribution in [-0.4, -0.2) is 49.1 Å². The van der Waals surface area contributed by atoms with Gasteiger partial charge >= 0.3 is 0 Å². The SMILES string of the molecule is CCOCC1(COCC)C=CC(c2nn(C3CCCCO3)cc2C=O)=CC1. The van der Waals surface area contributed by atoms with Crippen LogP contribution in [0, 0.1) is 5.41 Å². The molecule has 2 aliphatic rings. The quantitative estimate of drug-likeness (QED) is 0.615. The second-order valence-corrected chi connectivity index (χ2v) is 7.19. The fourth-order valence-corrected chi connectivity index (χ4v) is 3.55. The highest BCUT2D eigenvalue weighted by molar-refractivity contribution is 5.87. The number of aromatic nitrogens is 2. The third-order valence-corrected chi connectivity index (χ3v) is 5.14. The van der Waals surface area contributed by atoms with Crippen molar-refractivity contribution in [3.05, 3.63) is 35.7 Å². The fourth-order valence-electron chi connectivity index (χ4n) is 3.55. The summed E-state index contributed by atoms with van der Waals surface area (Å²) in [6.07, 6.45) is 12.9. The van der Waals surface area contributed by atoms with E-state index in [1.54, 1.807) is 10.9 Å². The van der Waals surface area contributed by atoms with Crippen LogP contribution in [0.2, 0.25) is 0 Å². The van der Waals surface area contributed by atoms with Gasteiger partial charge in [-0.15, -0.1) is 0 Å². The minimum absolute atomic E-state index is 0.0747. The summed E-state index contributed by atoms with van der Waals surface area (Å²) >= 11 is 0. The van der Waals surface area contributed by atoms with E-state index in [-0.39, 0.29) is 11.6 Å². The predicted molar refractivity (Wildman–Crippen MR) is 104 cm³/mol. The number of hydrogen-bond acceptors (Lipinski definition) is 5. The summed E-state index contributed by atoms with van der Waals surface area (Å²) in [5, 5.41) is 4.68. The van der Waals surface area contributed by atoms with E-state index in [4.69, 9.17) is 14.2 Å². The van der Waals surface area contributed by atoms with Gasteiger partial charge in [0.25, 0.3) is 0 Å². The number of carbonyl (C=O) groups excluding carboxylic acids is 1. The number of allylic oxidation sites excluding steroid dienone is 3. The molecule has 1 fully saturated rings. The van der Waals surface area contributed by atoms with Gasteiger partial charge in [0.05, 0.1) is 18.8 Å². The molecule has 0 radical (unpaired) electrons. The highest BCUT2D eigenvalue weighted by Gasteiger charge is 2.30. The Morgan fingerprint density at radius 3 is 2.63 bits per heavy atom. The maximum absolute atomic E-state index is 11.6. The van der Waals surface area contributed by atoms with Crippen molar-refractivity contribution in [2.75, 3.05) is 33.0 Å². The van der Waals surface area contributed by atoms with Gasteiger partial charge in [-0.05, 0) is 45.1 Å². The summed E-state index contributed by atoms with van der Waals surface area (Å²) in [5.74, 6) is 0. The second-order valence-electron chi connectivity index (χ2n) is 7.19. The van der Waals surface area contributed by atoms with Crippen molar-refractivity contribution in [3.63, 3.8) is 0 Å². The van der Waals surface area contributed by atoms with E-state index in [2.05, 4.69) is 17.3 Å². The van der Waals surface area contributed by atoms with E-state index in [9.17, 15) is 4.79 Å². The van der Waals surface area contributed by atoms with Crippen LogP contribution in [-0.2, 0) is 14.2 Å². The lowest BCUT2D eigenvalue weighted by Gasteiger charge is -2.31. The molecule has 0 aromatic carbocycles. The summed E-state index contributed by atoms with van der Waals surface area (Å²) in [6, 6.07) is 0. The van der Waals surface area contributed by atoms with Crippen molar-refractivity contribution in [2.24, 2.45) is 5.41 Å². The zero-order chi connectivity index (χ0) is 19.1. The first-order chi connectivity index (χ1) is 13.2. The van der Waals surface area contributed by atoms with Gasteiger partial charge in [0.1, 0.15) is 11.9 Å². The van der Waals surface area contributed by atoms with Crippen molar-refractivity contribution in [1.82, 2.24) is 9.78 Å². The maximum Gasteiger partial charge on any atom is 0.153 e. The molecule has 0 bridgehead atoms. The highest BCUT2D eigenvalue weighted by Crippen LogP contribution is 2.35. The topological polar surface area (TPSA) is 62.6 Å². The van der Waals surface area contributed by atoms with E-state index < -0.39 is 0 Å². The summed E-state index contributed by atoms with van der Waals surface area (Å²) in [5.41, 5.74) is 2.13. The molecule has 148 valence electrons. The van der Waals surface area contributed by atoms with Gasteiger partial charge in [-0.25, -0.2) is 4.68 Å². The van der Waals surface area contributed by atoms with Crippen LogP contribution in [0.15, 0.2) is 24.4 Å². The molecule has 2 heterocycles. The molecule has 3 rings (SSSR count). The lowest BCUT2D eigenvalue weighted by Crippen LogP contribution is -2.31. The Labute approximate surface area is 161 Å². The molecule has 1 unspecified atom stereocenters. The molecule has 6 nitrogen and oxygen atoms in total. The van der Waals surface area contributed by atoms with E-state index in [1.165, 1.54) is 0 Å². The van der Waals surface area contributed by atoms with Crippen LogP contribution >= 0.6 is 0 Å². The lowest BCUT2D eigenvalue weighted by molar-refractivity contribution is -0.0395. The maximum atomic E-state index is 11.6. The van der Waals surface area contributed by atoms with E-state index in [1.807, 2.05) is 19.9 Å². The molecule has 1 aliphatic carbocycles. The Hall–Kier alpha value is -1.76. The number of aldehydes is 1. The summed E-state index contributed by atoms with van der Waals surface area (Å²) < 4.78 is 19.0. The smallest absolute Gasteiger partial charge is 0.153 e. The van der Waals surface area contributed by atoms with Crippen LogP contribution in [0.3, 0.4) is 0 Å². The molecule has 0 N–H and O–H groups in total. The van der Waals surface area contributed by atoms with Crippen LogP contribution in [0.5, 0.6) is 0 Å². The Morgan fingerprint density at radius 2 is 2.07 bits per heavy atom. The molecule has 1 aromatic heterocycles.